The second-order valence-electron chi connectivity index (χ2n) is 5.40. The summed E-state index contributed by atoms with van der Waals surface area (Å²) in [5, 5.41) is 7.03. The summed E-state index contributed by atoms with van der Waals surface area (Å²) < 4.78 is 45.5. The van der Waals surface area contributed by atoms with E-state index in [-0.39, 0.29) is 18.5 Å². The second kappa shape index (κ2) is 5.33. The fourth-order valence-corrected chi connectivity index (χ4v) is 3.17. The van der Waals surface area contributed by atoms with Gasteiger partial charge in [0.1, 0.15) is 13.2 Å². The molecule has 2 fully saturated rings. The number of nitrogens with zero attached hydrogens (tertiary/aromatic N) is 2. The van der Waals surface area contributed by atoms with Gasteiger partial charge in [-0.3, -0.25) is 0 Å². The van der Waals surface area contributed by atoms with E-state index in [0.717, 1.165) is 13.0 Å². The maximum Gasteiger partial charge on any atom is 0.411 e. The van der Waals surface area contributed by atoms with Crippen molar-refractivity contribution in [2.45, 2.75) is 38.1 Å². The molecule has 2 aliphatic rings. The van der Waals surface area contributed by atoms with Crippen LogP contribution in [0.1, 0.15) is 37.0 Å². The van der Waals surface area contributed by atoms with Gasteiger partial charge in [0.25, 0.3) is 0 Å². The van der Waals surface area contributed by atoms with E-state index < -0.39 is 12.8 Å². The van der Waals surface area contributed by atoms with Gasteiger partial charge in [0, 0.05) is 0 Å². The molecule has 1 aliphatic heterocycles. The molecule has 3 rings (SSSR count). The molecule has 0 aromatic carbocycles. The van der Waals surface area contributed by atoms with E-state index in [2.05, 4.69) is 20.2 Å². The molecule has 5 nitrogen and oxygen atoms in total. The van der Waals surface area contributed by atoms with Crippen LogP contribution in [0.4, 0.5) is 13.2 Å². The monoisotopic (exact) mass is 291 g/mol. The molecule has 1 N–H and O–H groups in total. The Hall–Kier alpha value is -1.15. The lowest BCUT2D eigenvalue weighted by Crippen LogP contribution is -2.18. The van der Waals surface area contributed by atoms with Crippen molar-refractivity contribution in [1.82, 2.24) is 15.5 Å². The summed E-state index contributed by atoms with van der Waals surface area (Å²) in [5.41, 5.74) is 0. The molecule has 1 saturated carbocycles. The first-order chi connectivity index (χ1) is 9.53. The molecule has 1 aliphatic carbocycles. The zero-order valence-electron chi connectivity index (χ0n) is 10.8. The molecule has 20 heavy (non-hydrogen) atoms. The molecule has 0 amide bonds. The zero-order valence-corrected chi connectivity index (χ0v) is 10.8. The zero-order chi connectivity index (χ0) is 14.2. The average molecular weight is 291 g/mol. The standard InChI is InChI=1S/C12H16F3N3O2/c13-12(14,15)6-19-5-9-17-11(20-18-9)10-8-3-1-2-7(8)4-16-10/h7-8,10,16H,1-6H2. The molecule has 1 aromatic heterocycles. The van der Waals surface area contributed by atoms with Crippen molar-refractivity contribution in [3.05, 3.63) is 11.7 Å². The Kier molecular flexibility index (Phi) is 3.68. The normalized spacial score (nSPS) is 29.9. The molecule has 1 aromatic rings. The lowest BCUT2D eigenvalue weighted by molar-refractivity contribution is -0.177. The van der Waals surface area contributed by atoms with Crippen LogP contribution >= 0.6 is 0 Å². The first kappa shape index (κ1) is 13.8. The predicted octanol–water partition coefficient (Wildman–Crippen LogP) is 2.21. The SMILES string of the molecule is FC(F)(F)COCc1noc(C2NCC3CCCC32)n1. The van der Waals surface area contributed by atoms with Crippen LogP contribution in [0.2, 0.25) is 0 Å². The van der Waals surface area contributed by atoms with Gasteiger partial charge in [-0.25, -0.2) is 0 Å². The molecule has 1 saturated heterocycles. The van der Waals surface area contributed by atoms with E-state index in [0.29, 0.717) is 17.7 Å². The highest BCUT2D eigenvalue weighted by Gasteiger charge is 2.42. The number of hydrogen-bond acceptors (Lipinski definition) is 5. The highest BCUT2D eigenvalue weighted by atomic mass is 19.4. The van der Waals surface area contributed by atoms with Crippen molar-refractivity contribution >= 4 is 0 Å². The van der Waals surface area contributed by atoms with Crippen molar-refractivity contribution in [2.24, 2.45) is 11.8 Å². The van der Waals surface area contributed by atoms with Gasteiger partial charge in [-0.15, -0.1) is 0 Å². The van der Waals surface area contributed by atoms with Crippen LogP contribution in [0.5, 0.6) is 0 Å². The number of alkyl halides is 3. The molecular formula is C12H16F3N3O2. The highest BCUT2D eigenvalue weighted by molar-refractivity contribution is 5.03. The molecule has 2 heterocycles. The van der Waals surface area contributed by atoms with E-state index in [1.54, 1.807) is 0 Å². The lowest BCUT2D eigenvalue weighted by atomic mass is 9.94. The largest absolute Gasteiger partial charge is 0.411 e. The minimum Gasteiger partial charge on any atom is -0.364 e. The van der Waals surface area contributed by atoms with Crippen molar-refractivity contribution in [2.75, 3.05) is 13.2 Å². The molecule has 8 heteroatoms. The fraction of sp³-hybridized carbons (Fsp3) is 0.833. The smallest absolute Gasteiger partial charge is 0.364 e. The van der Waals surface area contributed by atoms with Gasteiger partial charge in [0.2, 0.25) is 5.89 Å². The van der Waals surface area contributed by atoms with Gasteiger partial charge in [-0.2, -0.15) is 18.2 Å². The third kappa shape index (κ3) is 2.95. The number of aromatic nitrogens is 2. The number of rotatable bonds is 4. The quantitative estimate of drug-likeness (QED) is 0.921. The number of fused-ring (bicyclic) bond motifs is 1. The first-order valence-electron chi connectivity index (χ1n) is 6.73. The van der Waals surface area contributed by atoms with Crippen LogP contribution in [0.15, 0.2) is 4.52 Å². The average Bonchev–Trinajstić information content (AvgIpc) is 3.00. The Morgan fingerprint density at radius 3 is 3.00 bits per heavy atom. The minimum absolute atomic E-state index is 0.0337. The summed E-state index contributed by atoms with van der Waals surface area (Å²) in [6, 6.07) is 0.0337. The Bertz CT molecular complexity index is 463. The summed E-state index contributed by atoms with van der Waals surface area (Å²) in [5.74, 6) is 1.77. The summed E-state index contributed by atoms with van der Waals surface area (Å²) in [6.07, 6.45) is -0.783. The van der Waals surface area contributed by atoms with E-state index in [4.69, 9.17) is 4.52 Å². The van der Waals surface area contributed by atoms with Crippen LogP contribution in [-0.2, 0) is 11.3 Å². The maximum atomic E-state index is 12.0. The van der Waals surface area contributed by atoms with Gasteiger partial charge in [0.05, 0.1) is 6.04 Å². The van der Waals surface area contributed by atoms with Crippen molar-refractivity contribution in [3.63, 3.8) is 0 Å². The fourth-order valence-electron chi connectivity index (χ4n) is 3.17. The molecule has 3 unspecified atom stereocenters. The topological polar surface area (TPSA) is 60.2 Å². The van der Waals surface area contributed by atoms with Crippen LogP contribution in [0, 0.1) is 11.8 Å². The second-order valence-corrected chi connectivity index (χ2v) is 5.40. The van der Waals surface area contributed by atoms with Crippen molar-refractivity contribution in [3.8, 4) is 0 Å². The number of ether oxygens (including phenoxy) is 1. The van der Waals surface area contributed by atoms with E-state index >= 15 is 0 Å². The van der Waals surface area contributed by atoms with E-state index in [1.165, 1.54) is 12.8 Å². The molecule has 0 spiro atoms. The maximum absolute atomic E-state index is 12.0. The molecule has 3 atom stereocenters. The van der Waals surface area contributed by atoms with Gasteiger partial charge in [0.15, 0.2) is 5.82 Å². The predicted molar refractivity (Wildman–Crippen MR) is 61.6 cm³/mol. The van der Waals surface area contributed by atoms with Crippen LogP contribution in [0.25, 0.3) is 0 Å². The molecule has 112 valence electrons. The molecular weight excluding hydrogens is 275 g/mol. The van der Waals surface area contributed by atoms with Crippen LogP contribution in [0.3, 0.4) is 0 Å². The Morgan fingerprint density at radius 1 is 1.35 bits per heavy atom. The summed E-state index contributed by atoms with van der Waals surface area (Å²) in [7, 11) is 0. The van der Waals surface area contributed by atoms with E-state index in [9.17, 15) is 13.2 Å². The van der Waals surface area contributed by atoms with Gasteiger partial charge >= 0.3 is 6.18 Å². The third-order valence-corrected chi connectivity index (χ3v) is 3.99. The Morgan fingerprint density at radius 2 is 2.20 bits per heavy atom. The minimum atomic E-state index is -4.34. The number of hydrogen-bond donors (Lipinski definition) is 1. The third-order valence-electron chi connectivity index (χ3n) is 3.99. The highest BCUT2D eigenvalue weighted by Crippen LogP contribution is 2.43. The van der Waals surface area contributed by atoms with E-state index in [1.807, 2.05) is 0 Å². The van der Waals surface area contributed by atoms with Crippen molar-refractivity contribution in [1.29, 1.82) is 0 Å². The lowest BCUT2D eigenvalue weighted by Gasteiger charge is -2.13. The summed E-state index contributed by atoms with van der Waals surface area (Å²) >= 11 is 0. The van der Waals surface area contributed by atoms with Crippen LogP contribution in [-0.4, -0.2) is 29.5 Å². The summed E-state index contributed by atoms with van der Waals surface area (Å²) in [6.45, 7) is -0.648. The first-order valence-corrected chi connectivity index (χ1v) is 6.73. The number of halogens is 3. The van der Waals surface area contributed by atoms with Gasteiger partial charge in [-0.05, 0) is 31.2 Å². The molecule has 0 radical (unpaired) electrons. The van der Waals surface area contributed by atoms with Gasteiger partial charge in [-0.1, -0.05) is 11.6 Å². The Balaban J connectivity index is 1.57. The van der Waals surface area contributed by atoms with Crippen molar-refractivity contribution < 1.29 is 22.4 Å². The van der Waals surface area contributed by atoms with Gasteiger partial charge < -0.3 is 14.6 Å². The number of nitrogens with one attached hydrogen (secondary N) is 1. The Labute approximate surface area is 113 Å². The summed E-state index contributed by atoms with van der Waals surface area (Å²) in [4.78, 5) is 4.14. The molecule has 0 bridgehead atoms. The van der Waals surface area contributed by atoms with Crippen LogP contribution < -0.4 is 5.32 Å².